The lowest BCUT2D eigenvalue weighted by molar-refractivity contribution is 0.0256. The van der Waals surface area contributed by atoms with E-state index in [1.54, 1.807) is 0 Å². The molecule has 2 aliphatic rings. The molecule has 0 aromatic carbocycles. The summed E-state index contributed by atoms with van der Waals surface area (Å²) in [5.41, 5.74) is -0.248. The number of nitrogens with one attached hydrogen (secondary N) is 1. The molecule has 13 nitrogen and oxygen atoms in total. The molecule has 0 saturated carbocycles. The highest BCUT2D eigenvalue weighted by atomic mass is 19.3. The number of amides is 1. The van der Waals surface area contributed by atoms with Crippen LogP contribution < -0.4 is 10.2 Å². The van der Waals surface area contributed by atoms with Crippen molar-refractivity contribution in [2.24, 2.45) is 10.2 Å². The first-order valence-electron chi connectivity index (χ1n) is 12.2. The van der Waals surface area contributed by atoms with Crippen molar-refractivity contribution in [3.8, 4) is 12.3 Å². The Kier molecular flexibility index (Phi) is 6.28. The van der Waals surface area contributed by atoms with Crippen molar-refractivity contribution in [1.82, 2.24) is 40.6 Å². The van der Waals surface area contributed by atoms with E-state index in [1.165, 1.54) is 9.70 Å². The van der Waals surface area contributed by atoms with Gasteiger partial charge >= 0.3 is 0 Å². The van der Waals surface area contributed by atoms with Gasteiger partial charge in [-0.2, -0.15) is 15.0 Å². The van der Waals surface area contributed by atoms with Gasteiger partial charge in [-0.3, -0.25) is 4.79 Å². The van der Waals surface area contributed by atoms with Crippen LogP contribution in [0.3, 0.4) is 0 Å². The summed E-state index contributed by atoms with van der Waals surface area (Å²) in [5, 5.41) is 27.3. The Morgan fingerprint density at radius 3 is 2.63 bits per heavy atom. The van der Waals surface area contributed by atoms with Gasteiger partial charge in [-0.1, -0.05) is 25.9 Å². The first-order valence-corrected chi connectivity index (χ1v) is 12.2. The molecule has 1 saturated heterocycles. The van der Waals surface area contributed by atoms with Crippen molar-refractivity contribution < 1.29 is 18.2 Å². The molecule has 200 valence electrons. The van der Waals surface area contributed by atoms with E-state index in [0.29, 0.717) is 37.4 Å². The Bertz CT molecular complexity index is 1430. The fourth-order valence-electron chi connectivity index (χ4n) is 4.13. The van der Waals surface area contributed by atoms with Crippen molar-refractivity contribution >= 4 is 22.9 Å². The largest absolute Gasteiger partial charge is 0.350 e. The summed E-state index contributed by atoms with van der Waals surface area (Å²) in [6, 6.07) is 0. The number of alkyl halides is 2. The Hall–Kier alpha value is -4.09. The van der Waals surface area contributed by atoms with E-state index in [9.17, 15) is 13.6 Å². The van der Waals surface area contributed by atoms with Gasteiger partial charge in [-0.25, -0.2) is 23.4 Å². The predicted molar refractivity (Wildman–Crippen MR) is 130 cm³/mol. The van der Waals surface area contributed by atoms with Crippen LogP contribution in [0.25, 0.3) is 11.2 Å². The number of hydrogen-bond acceptors (Lipinski definition) is 11. The molecule has 15 heteroatoms. The second-order valence-electron chi connectivity index (χ2n) is 10.5. The quantitative estimate of drug-likeness (QED) is 0.414. The molecule has 3 aromatic heterocycles. The monoisotopic (exact) mass is 527 g/mol. The van der Waals surface area contributed by atoms with E-state index in [0.717, 1.165) is 0 Å². The maximum atomic E-state index is 14.0. The third-order valence-corrected chi connectivity index (χ3v) is 6.34. The van der Waals surface area contributed by atoms with Crippen LogP contribution in [0.15, 0.2) is 14.9 Å². The zero-order valence-corrected chi connectivity index (χ0v) is 21.3. The van der Waals surface area contributed by atoms with Gasteiger partial charge in [0.25, 0.3) is 11.8 Å². The number of anilines is 1. The fraction of sp³-hybridized carbons (Fsp3) is 0.609. The van der Waals surface area contributed by atoms with Crippen molar-refractivity contribution in [3.05, 3.63) is 17.2 Å². The molecule has 3 aromatic rings. The van der Waals surface area contributed by atoms with Gasteiger partial charge in [0.05, 0.1) is 6.54 Å². The highest BCUT2D eigenvalue weighted by Crippen LogP contribution is 2.36. The normalized spacial score (nSPS) is 17.6. The Morgan fingerprint density at radius 2 is 1.97 bits per heavy atom. The molecular formula is C23H27F2N11O2. The topological polar surface area (TPSA) is 152 Å². The summed E-state index contributed by atoms with van der Waals surface area (Å²) in [5.74, 6) is 0.0216. The minimum absolute atomic E-state index is 0.0189. The minimum Gasteiger partial charge on any atom is -0.350 e. The van der Waals surface area contributed by atoms with Crippen LogP contribution >= 0.6 is 0 Å². The van der Waals surface area contributed by atoms with Crippen LogP contribution in [-0.4, -0.2) is 72.4 Å². The number of carbonyl (C=O) groups excluding carboxylic acids is 1. The first-order chi connectivity index (χ1) is 18.0. The highest BCUT2D eigenvalue weighted by Gasteiger charge is 2.41. The van der Waals surface area contributed by atoms with Crippen LogP contribution in [0.5, 0.6) is 0 Å². The molecule has 0 atom stereocenters. The summed E-state index contributed by atoms with van der Waals surface area (Å²) >= 11 is 0. The molecule has 0 radical (unpaired) electrons. The van der Waals surface area contributed by atoms with Crippen LogP contribution in [0.2, 0.25) is 0 Å². The fourth-order valence-corrected chi connectivity index (χ4v) is 4.13. The van der Waals surface area contributed by atoms with Crippen molar-refractivity contribution in [3.63, 3.8) is 0 Å². The molecule has 1 N–H and O–H groups in total. The van der Waals surface area contributed by atoms with Crippen LogP contribution in [0.4, 0.5) is 14.6 Å². The first kappa shape index (κ1) is 25.6. The lowest BCUT2D eigenvalue weighted by atomic mass is 9.96. The number of halogens is 2. The molecule has 1 amide bonds. The SMILES string of the molecule is C#CCCC1(CCNC(=O)c2nonc2Cn2nc3nc(C(C)(C)C)nc(N4CCC(F)(F)C4)c3n2)N=N1. The number of nitrogens with zero attached hydrogens (tertiary/aromatic N) is 10. The zero-order valence-electron chi connectivity index (χ0n) is 21.3. The van der Waals surface area contributed by atoms with Crippen LogP contribution in [-0.2, 0) is 12.0 Å². The average Bonchev–Trinajstić information content (AvgIpc) is 3.16. The number of aromatic nitrogens is 7. The maximum absolute atomic E-state index is 14.0. The second kappa shape index (κ2) is 9.34. The molecule has 0 aliphatic carbocycles. The summed E-state index contributed by atoms with van der Waals surface area (Å²) in [6.07, 6.45) is 6.73. The number of carbonyl (C=O) groups is 1. The van der Waals surface area contributed by atoms with Gasteiger partial charge in [0.2, 0.25) is 5.65 Å². The molecule has 0 unspecified atom stereocenters. The lowest BCUT2D eigenvalue weighted by Crippen LogP contribution is -2.29. The van der Waals surface area contributed by atoms with E-state index in [4.69, 9.17) is 11.1 Å². The second-order valence-corrected chi connectivity index (χ2v) is 10.5. The summed E-state index contributed by atoms with van der Waals surface area (Å²) in [7, 11) is 0. The number of hydrogen-bond donors (Lipinski definition) is 1. The predicted octanol–water partition coefficient (Wildman–Crippen LogP) is 2.49. The van der Waals surface area contributed by atoms with Crippen molar-refractivity contribution in [2.75, 3.05) is 24.5 Å². The molecule has 38 heavy (non-hydrogen) atoms. The summed E-state index contributed by atoms with van der Waals surface area (Å²) < 4.78 is 32.8. The Labute approximate surface area is 216 Å². The molecular weight excluding hydrogens is 500 g/mol. The van der Waals surface area contributed by atoms with Gasteiger partial charge < -0.3 is 10.2 Å². The molecule has 5 rings (SSSR count). The highest BCUT2D eigenvalue weighted by molar-refractivity contribution is 5.93. The smallest absolute Gasteiger partial charge is 0.275 e. The third-order valence-electron chi connectivity index (χ3n) is 6.34. The van der Waals surface area contributed by atoms with E-state index in [-0.39, 0.29) is 42.1 Å². The van der Waals surface area contributed by atoms with E-state index < -0.39 is 29.5 Å². The maximum Gasteiger partial charge on any atom is 0.275 e. The molecule has 5 heterocycles. The molecule has 0 spiro atoms. The van der Waals surface area contributed by atoms with E-state index in [2.05, 4.69) is 51.9 Å². The zero-order chi connectivity index (χ0) is 27.1. The molecule has 0 bridgehead atoms. The standard InChI is InChI=1S/C23H27F2N11O2/c1-5-6-7-23(33-34-23)8-10-26-19(37)15-14(31-38-32-15)12-36-29-16-17(30-36)27-20(21(2,3)4)28-18(16)35-11-9-22(24,25)13-35/h1H,6-13H2,2-4H3,(H,26,37). The number of terminal acetylenes is 1. The minimum atomic E-state index is -2.81. The van der Waals surface area contributed by atoms with Gasteiger partial charge in [-0.05, 0) is 5.16 Å². The lowest BCUT2D eigenvalue weighted by Gasteiger charge is -2.21. The average molecular weight is 528 g/mol. The van der Waals surface area contributed by atoms with Gasteiger partial charge in [0.1, 0.15) is 18.1 Å². The van der Waals surface area contributed by atoms with Gasteiger partial charge in [-0.15, -0.1) is 22.5 Å². The van der Waals surface area contributed by atoms with Gasteiger partial charge in [0, 0.05) is 44.2 Å². The van der Waals surface area contributed by atoms with E-state index in [1.807, 2.05) is 20.8 Å². The third kappa shape index (κ3) is 5.29. The number of rotatable bonds is 9. The number of fused-ring (bicyclic) bond motifs is 1. The summed E-state index contributed by atoms with van der Waals surface area (Å²) in [6.45, 7) is 5.70. The Balaban J connectivity index is 1.34. The van der Waals surface area contributed by atoms with Crippen LogP contribution in [0, 0.1) is 12.3 Å². The molecule has 1 fully saturated rings. The van der Waals surface area contributed by atoms with Gasteiger partial charge in [0.15, 0.2) is 22.7 Å². The Morgan fingerprint density at radius 1 is 1.18 bits per heavy atom. The summed E-state index contributed by atoms with van der Waals surface area (Å²) in [4.78, 5) is 24.6. The van der Waals surface area contributed by atoms with Crippen molar-refractivity contribution in [2.45, 2.75) is 70.0 Å². The molecule has 2 aliphatic heterocycles. The van der Waals surface area contributed by atoms with Crippen molar-refractivity contribution in [1.29, 1.82) is 0 Å². The van der Waals surface area contributed by atoms with E-state index >= 15 is 0 Å². The van der Waals surface area contributed by atoms with Crippen LogP contribution in [0.1, 0.15) is 68.5 Å².